The lowest BCUT2D eigenvalue weighted by Crippen LogP contribution is -2.18. The van der Waals surface area contributed by atoms with Gasteiger partial charge in [0.05, 0.1) is 6.61 Å². The van der Waals surface area contributed by atoms with Crippen LogP contribution in [0, 0.1) is 11.8 Å². The van der Waals surface area contributed by atoms with Crippen LogP contribution in [0.3, 0.4) is 0 Å². The zero-order chi connectivity index (χ0) is 16.8. The van der Waals surface area contributed by atoms with E-state index in [1.807, 2.05) is 11.8 Å². The van der Waals surface area contributed by atoms with Crippen molar-refractivity contribution in [2.45, 2.75) is 64.7 Å². The van der Waals surface area contributed by atoms with E-state index in [2.05, 4.69) is 19.1 Å². The predicted octanol–water partition coefficient (Wildman–Crippen LogP) is 5.15. The average Bonchev–Trinajstić information content (AvgIpc) is 2.97. The summed E-state index contributed by atoms with van der Waals surface area (Å²) in [6, 6.07) is 0. The van der Waals surface area contributed by atoms with Gasteiger partial charge in [-0.15, -0.1) is 0 Å². The molecule has 0 aliphatic carbocycles. The Balaban J connectivity index is 2.04. The summed E-state index contributed by atoms with van der Waals surface area (Å²) in [6.07, 6.45) is 13.9. The number of hydrogen-bond donors (Lipinski definition) is 1. The molecule has 1 aliphatic rings. The quantitative estimate of drug-likeness (QED) is 0.350. The zero-order valence-corrected chi connectivity index (χ0v) is 15.5. The Labute approximate surface area is 146 Å². The molecule has 0 unspecified atom stereocenters. The van der Waals surface area contributed by atoms with Crippen LogP contribution >= 0.6 is 11.8 Å². The molecule has 0 radical (unpaired) electrons. The van der Waals surface area contributed by atoms with E-state index in [1.165, 1.54) is 43.6 Å². The molecule has 1 N–H and O–H groups in total. The Hall–Kier alpha value is -0.480. The maximum atomic E-state index is 10.4. The summed E-state index contributed by atoms with van der Waals surface area (Å²) < 4.78 is 5.90. The van der Waals surface area contributed by atoms with Crippen LogP contribution in [0.5, 0.6) is 0 Å². The number of hydrogen-bond acceptors (Lipinski definition) is 3. The SMILES string of the molecule is CCCCCCCOC[C@H]1CSC[C@@H]1C/C=C\CCCC(=O)O. The summed E-state index contributed by atoms with van der Waals surface area (Å²) >= 11 is 2.05. The third-order valence-corrected chi connectivity index (χ3v) is 5.75. The number of ether oxygens (including phenoxy) is 1. The maximum absolute atomic E-state index is 10.4. The molecule has 1 saturated heterocycles. The molecule has 0 saturated carbocycles. The van der Waals surface area contributed by atoms with Crippen LogP contribution in [0.25, 0.3) is 0 Å². The Kier molecular flexibility index (Phi) is 12.4. The third-order valence-electron chi connectivity index (χ3n) is 4.42. The molecule has 0 amide bonds. The van der Waals surface area contributed by atoms with Crippen LogP contribution in [0.15, 0.2) is 12.2 Å². The first-order valence-electron chi connectivity index (χ1n) is 9.26. The van der Waals surface area contributed by atoms with Gasteiger partial charge in [0.15, 0.2) is 0 Å². The van der Waals surface area contributed by atoms with E-state index in [9.17, 15) is 4.79 Å². The molecule has 0 aromatic carbocycles. The monoisotopic (exact) mass is 342 g/mol. The van der Waals surface area contributed by atoms with E-state index < -0.39 is 5.97 Å². The van der Waals surface area contributed by atoms with Crippen LogP contribution in [-0.2, 0) is 9.53 Å². The van der Waals surface area contributed by atoms with Gasteiger partial charge in [0, 0.05) is 13.0 Å². The first-order chi connectivity index (χ1) is 11.2. The molecule has 0 spiro atoms. The van der Waals surface area contributed by atoms with Gasteiger partial charge in [-0.2, -0.15) is 11.8 Å². The van der Waals surface area contributed by atoms with Gasteiger partial charge in [-0.3, -0.25) is 4.79 Å². The average molecular weight is 343 g/mol. The Morgan fingerprint density at radius 3 is 2.70 bits per heavy atom. The van der Waals surface area contributed by atoms with Crippen molar-refractivity contribution in [3.63, 3.8) is 0 Å². The van der Waals surface area contributed by atoms with Crippen LogP contribution in [0.1, 0.15) is 64.7 Å². The number of carboxylic acids is 1. The normalized spacial score (nSPS) is 21.3. The van der Waals surface area contributed by atoms with Crippen molar-refractivity contribution in [2.75, 3.05) is 24.7 Å². The number of carboxylic acid groups (broad SMARTS) is 1. The van der Waals surface area contributed by atoms with E-state index >= 15 is 0 Å². The highest BCUT2D eigenvalue weighted by Crippen LogP contribution is 2.32. The van der Waals surface area contributed by atoms with Crippen molar-refractivity contribution in [1.29, 1.82) is 0 Å². The van der Waals surface area contributed by atoms with Crippen LogP contribution in [-0.4, -0.2) is 35.8 Å². The fourth-order valence-corrected chi connectivity index (χ4v) is 4.41. The van der Waals surface area contributed by atoms with Gasteiger partial charge in [-0.05, 0) is 49.0 Å². The Morgan fingerprint density at radius 1 is 1.13 bits per heavy atom. The maximum Gasteiger partial charge on any atom is 0.303 e. The first kappa shape index (κ1) is 20.6. The Bertz CT molecular complexity index is 331. The molecule has 3 nitrogen and oxygen atoms in total. The third kappa shape index (κ3) is 10.8. The number of rotatable bonds is 14. The molecular weight excluding hydrogens is 308 g/mol. The summed E-state index contributed by atoms with van der Waals surface area (Å²) in [5.74, 6) is 3.20. The zero-order valence-electron chi connectivity index (χ0n) is 14.7. The second-order valence-electron chi connectivity index (χ2n) is 6.54. The van der Waals surface area contributed by atoms with Crippen LogP contribution in [0.2, 0.25) is 0 Å². The molecular formula is C19H34O3S. The number of unbranched alkanes of at least 4 members (excludes halogenated alkanes) is 5. The van der Waals surface area contributed by atoms with Gasteiger partial charge in [0.25, 0.3) is 0 Å². The van der Waals surface area contributed by atoms with Gasteiger partial charge in [0.2, 0.25) is 0 Å². The van der Waals surface area contributed by atoms with Gasteiger partial charge in [-0.1, -0.05) is 44.8 Å². The second-order valence-corrected chi connectivity index (χ2v) is 7.61. The van der Waals surface area contributed by atoms with Crippen LogP contribution < -0.4 is 0 Å². The fraction of sp³-hybridized carbons (Fsp3) is 0.842. The van der Waals surface area contributed by atoms with Crippen molar-refractivity contribution in [3.05, 3.63) is 12.2 Å². The lowest BCUT2D eigenvalue weighted by Gasteiger charge is -2.17. The molecule has 2 atom stereocenters. The van der Waals surface area contributed by atoms with Crippen molar-refractivity contribution in [3.8, 4) is 0 Å². The molecule has 1 rings (SSSR count). The van der Waals surface area contributed by atoms with E-state index in [1.54, 1.807) is 0 Å². The van der Waals surface area contributed by atoms with Gasteiger partial charge < -0.3 is 9.84 Å². The van der Waals surface area contributed by atoms with E-state index in [4.69, 9.17) is 9.84 Å². The molecule has 0 aromatic rings. The minimum atomic E-state index is -0.697. The molecule has 0 aromatic heterocycles. The lowest BCUT2D eigenvalue weighted by atomic mass is 9.93. The highest BCUT2D eigenvalue weighted by molar-refractivity contribution is 7.99. The highest BCUT2D eigenvalue weighted by Gasteiger charge is 2.26. The van der Waals surface area contributed by atoms with Crippen LogP contribution in [0.4, 0.5) is 0 Å². The molecule has 1 fully saturated rings. The van der Waals surface area contributed by atoms with E-state index in [0.29, 0.717) is 5.92 Å². The predicted molar refractivity (Wildman–Crippen MR) is 99.1 cm³/mol. The summed E-state index contributed by atoms with van der Waals surface area (Å²) in [6.45, 7) is 4.08. The highest BCUT2D eigenvalue weighted by atomic mass is 32.2. The van der Waals surface area contributed by atoms with Crippen molar-refractivity contribution in [1.82, 2.24) is 0 Å². The fourth-order valence-electron chi connectivity index (χ4n) is 2.89. The summed E-state index contributed by atoms with van der Waals surface area (Å²) in [7, 11) is 0. The van der Waals surface area contributed by atoms with Crippen molar-refractivity contribution < 1.29 is 14.6 Å². The number of aliphatic carboxylic acids is 1. The number of thioether (sulfide) groups is 1. The van der Waals surface area contributed by atoms with E-state index in [-0.39, 0.29) is 6.42 Å². The largest absolute Gasteiger partial charge is 0.481 e. The smallest absolute Gasteiger partial charge is 0.303 e. The number of allylic oxidation sites excluding steroid dienone is 2. The molecule has 23 heavy (non-hydrogen) atoms. The van der Waals surface area contributed by atoms with Gasteiger partial charge >= 0.3 is 5.97 Å². The van der Waals surface area contributed by atoms with Crippen molar-refractivity contribution >= 4 is 17.7 Å². The first-order valence-corrected chi connectivity index (χ1v) is 10.4. The Morgan fingerprint density at radius 2 is 1.91 bits per heavy atom. The molecule has 1 heterocycles. The minimum absolute atomic E-state index is 0.276. The van der Waals surface area contributed by atoms with E-state index in [0.717, 1.165) is 38.4 Å². The van der Waals surface area contributed by atoms with Gasteiger partial charge in [-0.25, -0.2) is 0 Å². The molecule has 0 bridgehead atoms. The topological polar surface area (TPSA) is 46.5 Å². The summed E-state index contributed by atoms with van der Waals surface area (Å²) in [5, 5.41) is 8.60. The lowest BCUT2D eigenvalue weighted by molar-refractivity contribution is -0.137. The molecule has 4 heteroatoms. The number of carbonyl (C=O) groups is 1. The van der Waals surface area contributed by atoms with Crippen molar-refractivity contribution in [2.24, 2.45) is 11.8 Å². The molecule has 1 aliphatic heterocycles. The second kappa shape index (κ2) is 13.9. The summed E-state index contributed by atoms with van der Waals surface area (Å²) in [4.78, 5) is 10.4. The molecule has 134 valence electrons. The standard InChI is InChI=1S/C19H34O3S/c1-2-3-4-7-10-13-22-14-18-16-23-15-17(18)11-8-5-6-9-12-19(20)21/h5,8,17-18H,2-4,6-7,9-16H2,1H3,(H,20,21)/b8-5-/t17-,18-/m0/s1. The van der Waals surface area contributed by atoms with Gasteiger partial charge in [0.1, 0.15) is 0 Å². The minimum Gasteiger partial charge on any atom is -0.481 e. The summed E-state index contributed by atoms with van der Waals surface area (Å²) in [5.41, 5.74) is 0.